The number of hydrogen-bond donors (Lipinski definition) is 3. The molecule has 2 aromatic carbocycles. The second-order valence-corrected chi connectivity index (χ2v) is 4.26. The third-order valence-electron chi connectivity index (χ3n) is 2.72. The zero-order valence-electron chi connectivity index (χ0n) is 10.7. The molecular formula is C14H11F2N3O2. The highest BCUT2D eigenvalue weighted by Crippen LogP contribution is 2.20. The van der Waals surface area contributed by atoms with Crippen molar-refractivity contribution in [1.82, 2.24) is 0 Å². The molecule has 0 bridgehead atoms. The highest BCUT2D eigenvalue weighted by molar-refractivity contribution is 6.05. The van der Waals surface area contributed by atoms with Crippen LogP contribution < -0.4 is 16.8 Å². The van der Waals surface area contributed by atoms with Crippen LogP contribution in [0.1, 0.15) is 20.7 Å². The van der Waals surface area contributed by atoms with Crippen molar-refractivity contribution >= 4 is 23.2 Å². The van der Waals surface area contributed by atoms with E-state index in [2.05, 4.69) is 5.32 Å². The molecule has 5 nitrogen and oxygen atoms in total. The summed E-state index contributed by atoms with van der Waals surface area (Å²) in [5.41, 5.74) is 10.2. The summed E-state index contributed by atoms with van der Waals surface area (Å²) < 4.78 is 26.9. The molecule has 0 aliphatic rings. The molecule has 0 aliphatic carbocycles. The summed E-state index contributed by atoms with van der Waals surface area (Å²) >= 11 is 0. The Morgan fingerprint density at radius 2 is 1.76 bits per heavy atom. The number of nitrogens with two attached hydrogens (primary N) is 2. The fourth-order valence-electron chi connectivity index (χ4n) is 1.71. The number of hydrogen-bond acceptors (Lipinski definition) is 3. The third-order valence-corrected chi connectivity index (χ3v) is 2.72. The van der Waals surface area contributed by atoms with E-state index in [0.717, 1.165) is 6.07 Å². The van der Waals surface area contributed by atoms with Gasteiger partial charge in [0.05, 0.1) is 11.3 Å². The molecule has 0 atom stereocenters. The molecule has 0 aromatic heterocycles. The summed E-state index contributed by atoms with van der Waals surface area (Å²) in [6.07, 6.45) is 0. The smallest absolute Gasteiger partial charge is 0.255 e. The van der Waals surface area contributed by atoms with Crippen LogP contribution in [0.2, 0.25) is 0 Å². The first-order valence-electron chi connectivity index (χ1n) is 5.84. The SMILES string of the molecule is NC(=O)c1cc(NC(=O)c2cccc(N)c2)c(F)cc1F. The minimum Gasteiger partial charge on any atom is -0.399 e. The topological polar surface area (TPSA) is 98.2 Å². The molecule has 0 spiro atoms. The quantitative estimate of drug-likeness (QED) is 0.753. The number of carbonyl (C=O) groups excluding carboxylic acids is 2. The van der Waals surface area contributed by atoms with E-state index in [9.17, 15) is 18.4 Å². The Kier molecular flexibility index (Phi) is 3.84. The Hall–Kier alpha value is -2.96. The number of benzene rings is 2. The van der Waals surface area contributed by atoms with Crippen molar-refractivity contribution in [2.24, 2.45) is 5.73 Å². The summed E-state index contributed by atoms with van der Waals surface area (Å²) in [7, 11) is 0. The molecule has 2 aromatic rings. The lowest BCUT2D eigenvalue weighted by Gasteiger charge is -2.09. The van der Waals surface area contributed by atoms with Gasteiger partial charge in [-0.3, -0.25) is 9.59 Å². The molecule has 0 heterocycles. The van der Waals surface area contributed by atoms with Crippen LogP contribution in [0.4, 0.5) is 20.2 Å². The van der Waals surface area contributed by atoms with Gasteiger partial charge in [0, 0.05) is 17.3 Å². The van der Waals surface area contributed by atoms with Crippen LogP contribution in [-0.2, 0) is 0 Å². The lowest BCUT2D eigenvalue weighted by atomic mass is 10.1. The van der Waals surface area contributed by atoms with Gasteiger partial charge in [-0.15, -0.1) is 0 Å². The Morgan fingerprint density at radius 3 is 2.38 bits per heavy atom. The van der Waals surface area contributed by atoms with E-state index in [1.807, 2.05) is 0 Å². The van der Waals surface area contributed by atoms with Crippen molar-refractivity contribution in [2.75, 3.05) is 11.1 Å². The second-order valence-electron chi connectivity index (χ2n) is 4.26. The van der Waals surface area contributed by atoms with Crippen LogP contribution in [-0.4, -0.2) is 11.8 Å². The van der Waals surface area contributed by atoms with Crippen molar-refractivity contribution < 1.29 is 18.4 Å². The van der Waals surface area contributed by atoms with Gasteiger partial charge in [0.25, 0.3) is 11.8 Å². The molecule has 0 saturated carbocycles. The maximum Gasteiger partial charge on any atom is 0.255 e. The number of primary amides is 1. The molecule has 0 aliphatic heterocycles. The normalized spacial score (nSPS) is 10.2. The van der Waals surface area contributed by atoms with Gasteiger partial charge in [-0.25, -0.2) is 8.78 Å². The molecule has 108 valence electrons. The van der Waals surface area contributed by atoms with Crippen molar-refractivity contribution in [1.29, 1.82) is 0 Å². The van der Waals surface area contributed by atoms with Crippen LogP contribution in [0, 0.1) is 11.6 Å². The van der Waals surface area contributed by atoms with Gasteiger partial charge in [-0.2, -0.15) is 0 Å². The summed E-state index contributed by atoms with van der Waals surface area (Å²) in [4.78, 5) is 23.0. The average Bonchev–Trinajstić information content (AvgIpc) is 2.41. The first-order valence-corrected chi connectivity index (χ1v) is 5.84. The Morgan fingerprint density at radius 1 is 1.05 bits per heavy atom. The minimum atomic E-state index is -1.10. The predicted molar refractivity (Wildman–Crippen MR) is 73.7 cm³/mol. The number of carbonyl (C=O) groups is 2. The van der Waals surface area contributed by atoms with E-state index in [4.69, 9.17) is 11.5 Å². The van der Waals surface area contributed by atoms with E-state index in [0.29, 0.717) is 11.8 Å². The van der Waals surface area contributed by atoms with Gasteiger partial charge in [-0.1, -0.05) is 6.07 Å². The first-order chi connectivity index (χ1) is 9.88. The maximum absolute atomic E-state index is 13.6. The van der Waals surface area contributed by atoms with Gasteiger partial charge in [0.1, 0.15) is 11.6 Å². The highest BCUT2D eigenvalue weighted by Gasteiger charge is 2.16. The molecule has 2 amide bonds. The lowest BCUT2D eigenvalue weighted by Crippen LogP contribution is -2.17. The Labute approximate surface area is 118 Å². The molecule has 7 heteroatoms. The van der Waals surface area contributed by atoms with E-state index in [-0.39, 0.29) is 11.3 Å². The standard InChI is InChI=1S/C14H11F2N3O2/c15-10-6-11(16)12(5-9(10)13(18)20)19-14(21)7-2-1-3-8(17)4-7/h1-6H,17H2,(H2,18,20)(H,19,21). The molecule has 0 saturated heterocycles. The van der Waals surface area contributed by atoms with Crippen LogP contribution in [0.15, 0.2) is 36.4 Å². The zero-order valence-corrected chi connectivity index (χ0v) is 10.7. The van der Waals surface area contributed by atoms with E-state index < -0.39 is 29.0 Å². The summed E-state index contributed by atoms with van der Waals surface area (Å²) in [5.74, 6) is -3.83. The largest absolute Gasteiger partial charge is 0.399 e. The van der Waals surface area contributed by atoms with Crippen LogP contribution in [0.25, 0.3) is 0 Å². The molecule has 21 heavy (non-hydrogen) atoms. The van der Waals surface area contributed by atoms with Gasteiger partial charge in [0.2, 0.25) is 0 Å². The molecule has 5 N–H and O–H groups in total. The monoisotopic (exact) mass is 291 g/mol. The zero-order chi connectivity index (χ0) is 15.6. The second kappa shape index (κ2) is 5.58. The average molecular weight is 291 g/mol. The number of halogens is 2. The van der Waals surface area contributed by atoms with Gasteiger partial charge >= 0.3 is 0 Å². The number of rotatable bonds is 3. The molecule has 2 rings (SSSR count). The summed E-state index contributed by atoms with van der Waals surface area (Å²) in [6.45, 7) is 0. The Bertz CT molecular complexity index is 732. The van der Waals surface area contributed by atoms with Crippen LogP contribution in [0.3, 0.4) is 0 Å². The number of nitrogen functional groups attached to an aromatic ring is 1. The van der Waals surface area contributed by atoms with Gasteiger partial charge in [0.15, 0.2) is 0 Å². The molecule has 0 fully saturated rings. The van der Waals surface area contributed by atoms with Crippen LogP contribution >= 0.6 is 0 Å². The fraction of sp³-hybridized carbons (Fsp3) is 0. The first kappa shape index (κ1) is 14.4. The Balaban J connectivity index is 2.33. The fourth-order valence-corrected chi connectivity index (χ4v) is 1.71. The van der Waals surface area contributed by atoms with Gasteiger partial charge < -0.3 is 16.8 Å². The maximum atomic E-state index is 13.6. The minimum absolute atomic E-state index is 0.194. The molecule has 0 unspecified atom stereocenters. The van der Waals surface area contributed by atoms with Crippen molar-refractivity contribution in [3.05, 3.63) is 59.2 Å². The van der Waals surface area contributed by atoms with Gasteiger partial charge in [-0.05, 0) is 24.3 Å². The summed E-state index contributed by atoms with van der Waals surface area (Å²) in [6, 6.07) is 7.33. The summed E-state index contributed by atoms with van der Waals surface area (Å²) in [5, 5.41) is 2.23. The van der Waals surface area contributed by atoms with Crippen molar-refractivity contribution in [3.63, 3.8) is 0 Å². The molecular weight excluding hydrogens is 280 g/mol. The van der Waals surface area contributed by atoms with E-state index in [1.165, 1.54) is 12.1 Å². The lowest BCUT2D eigenvalue weighted by molar-refractivity contribution is 0.0992. The van der Waals surface area contributed by atoms with Crippen LogP contribution in [0.5, 0.6) is 0 Å². The third kappa shape index (κ3) is 3.14. The van der Waals surface area contributed by atoms with Crippen molar-refractivity contribution in [2.45, 2.75) is 0 Å². The van der Waals surface area contributed by atoms with E-state index >= 15 is 0 Å². The number of nitrogens with one attached hydrogen (secondary N) is 1. The van der Waals surface area contributed by atoms with Crippen molar-refractivity contribution in [3.8, 4) is 0 Å². The highest BCUT2D eigenvalue weighted by atomic mass is 19.1. The number of anilines is 2. The predicted octanol–water partition coefficient (Wildman–Crippen LogP) is 1.90. The molecule has 0 radical (unpaired) electrons. The number of amides is 2. The van der Waals surface area contributed by atoms with E-state index in [1.54, 1.807) is 12.1 Å².